The number of morpholine rings is 1. The average molecular weight is 421 g/mol. The number of pyridine rings is 1. The second kappa shape index (κ2) is 7.65. The topological polar surface area (TPSA) is 136 Å². The number of anilines is 2. The molecule has 12 heteroatoms. The number of nitrogens with zero attached hydrogens (tertiary/aromatic N) is 8. The fourth-order valence-electron chi connectivity index (χ4n) is 3.46. The van der Waals surface area contributed by atoms with E-state index in [1.807, 2.05) is 37.5 Å². The summed E-state index contributed by atoms with van der Waals surface area (Å²) in [7, 11) is 1.83. The molecular weight excluding hydrogens is 402 g/mol. The predicted molar refractivity (Wildman–Crippen MR) is 109 cm³/mol. The van der Waals surface area contributed by atoms with Crippen molar-refractivity contribution in [1.29, 1.82) is 0 Å². The molecule has 1 aliphatic heterocycles. The normalized spacial score (nSPS) is 16.5. The van der Waals surface area contributed by atoms with E-state index in [0.29, 0.717) is 30.6 Å². The van der Waals surface area contributed by atoms with Crippen LogP contribution in [0.4, 0.5) is 16.6 Å². The van der Waals surface area contributed by atoms with Crippen molar-refractivity contribution in [2.24, 2.45) is 7.05 Å². The number of amides is 1. The van der Waals surface area contributed by atoms with Crippen LogP contribution in [0.5, 0.6) is 0 Å². The van der Waals surface area contributed by atoms with Gasteiger partial charge in [-0.05, 0) is 18.2 Å². The van der Waals surface area contributed by atoms with Crippen molar-refractivity contribution in [3.8, 4) is 11.3 Å². The summed E-state index contributed by atoms with van der Waals surface area (Å²) in [5, 5.41) is 25.0. The van der Waals surface area contributed by atoms with Gasteiger partial charge in [0.25, 0.3) is 0 Å². The van der Waals surface area contributed by atoms with E-state index in [9.17, 15) is 9.90 Å². The molecule has 4 aromatic rings. The van der Waals surface area contributed by atoms with Crippen molar-refractivity contribution in [1.82, 2.24) is 39.2 Å². The average Bonchev–Trinajstić information content (AvgIpc) is 3.39. The van der Waals surface area contributed by atoms with E-state index in [-0.39, 0.29) is 6.54 Å². The Labute approximate surface area is 176 Å². The van der Waals surface area contributed by atoms with Crippen LogP contribution in [0.25, 0.3) is 16.9 Å². The molecule has 0 bridgehead atoms. The number of ether oxygens (including phenoxy) is 1. The Morgan fingerprint density at radius 3 is 2.97 bits per heavy atom. The molecule has 0 aliphatic carbocycles. The smallest absolute Gasteiger partial charge is 0.407 e. The number of carboxylic acid groups (broad SMARTS) is 1. The molecule has 1 saturated heterocycles. The lowest BCUT2D eigenvalue weighted by Crippen LogP contribution is -2.41. The molecule has 1 atom stereocenters. The third kappa shape index (κ3) is 3.64. The summed E-state index contributed by atoms with van der Waals surface area (Å²) in [5.41, 5.74) is 2.18. The second-order valence-corrected chi connectivity index (χ2v) is 7.02. The van der Waals surface area contributed by atoms with E-state index in [1.54, 1.807) is 21.5 Å². The van der Waals surface area contributed by atoms with E-state index >= 15 is 0 Å². The van der Waals surface area contributed by atoms with E-state index in [4.69, 9.17) is 4.74 Å². The Hall–Kier alpha value is -4.06. The van der Waals surface area contributed by atoms with Gasteiger partial charge in [-0.15, -0.1) is 10.2 Å². The second-order valence-electron chi connectivity index (χ2n) is 7.02. The Morgan fingerprint density at radius 2 is 2.16 bits per heavy atom. The molecule has 12 nitrogen and oxygen atoms in total. The number of fused-ring (bicyclic) bond motifs is 1. The zero-order valence-corrected chi connectivity index (χ0v) is 16.6. The molecule has 5 rings (SSSR count). The van der Waals surface area contributed by atoms with Crippen molar-refractivity contribution in [2.75, 3.05) is 25.0 Å². The van der Waals surface area contributed by atoms with Crippen LogP contribution in [0.2, 0.25) is 0 Å². The van der Waals surface area contributed by atoms with E-state index in [2.05, 4.69) is 30.6 Å². The molecule has 0 aromatic carbocycles. The molecule has 4 aromatic heterocycles. The molecule has 0 saturated carbocycles. The van der Waals surface area contributed by atoms with Crippen molar-refractivity contribution in [2.45, 2.75) is 6.10 Å². The molecule has 0 radical (unpaired) electrons. The first-order chi connectivity index (χ1) is 15.1. The zero-order valence-electron chi connectivity index (χ0n) is 16.6. The first kappa shape index (κ1) is 18.9. The molecule has 1 aliphatic rings. The van der Waals surface area contributed by atoms with Gasteiger partial charge in [0.05, 0.1) is 25.0 Å². The summed E-state index contributed by atoms with van der Waals surface area (Å²) in [4.78, 5) is 21.4. The summed E-state index contributed by atoms with van der Waals surface area (Å²) in [5.74, 6) is 1.79. The first-order valence-electron chi connectivity index (χ1n) is 9.61. The number of carbonyl (C=O) groups is 1. The van der Waals surface area contributed by atoms with Gasteiger partial charge in [-0.25, -0.2) is 14.8 Å². The number of aromatic nitrogens is 7. The minimum absolute atomic E-state index is 0.215. The van der Waals surface area contributed by atoms with Gasteiger partial charge in [0.2, 0.25) is 5.95 Å². The van der Waals surface area contributed by atoms with Gasteiger partial charge in [0.1, 0.15) is 11.9 Å². The van der Waals surface area contributed by atoms with Crippen LogP contribution in [0.15, 0.2) is 42.9 Å². The van der Waals surface area contributed by atoms with Crippen molar-refractivity contribution in [3.63, 3.8) is 0 Å². The molecule has 1 unspecified atom stereocenters. The first-order valence-corrected chi connectivity index (χ1v) is 9.61. The van der Waals surface area contributed by atoms with Gasteiger partial charge >= 0.3 is 6.09 Å². The highest BCUT2D eigenvalue weighted by Gasteiger charge is 2.28. The van der Waals surface area contributed by atoms with E-state index in [1.165, 1.54) is 4.90 Å². The zero-order chi connectivity index (χ0) is 21.4. The Kier molecular flexibility index (Phi) is 4.67. The largest absolute Gasteiger partial charge is 0.465 e. The molecule has 0 spiro atoms. The predicted octanol–water partition coefficient (Wildman–Crippen LogP) is 1.71. The summed E-state index contributed by atoms with van der Waals surface area (Å²) in [6, 6.07) is 7.41. The summed E-state index contributed by atoms with van der Waals surface area (Å²) in [6.07, 6.45) is 3.76. The van der Waals surface area contributed by atoms with Gasteiger partial charge in [-0.2, -0.15) is 5.10 Å². The monoisotopic (exact) mass is 421 g/mol. The SMILES string of the molecule is Cn1nccc1Nc1nccc(-c2ccn3c(C4CN(C(=O)O)CCO4)nnc3c2)n1. The summed E-state index contributed by atoms with van der Waals surface area (Å²) >= 11 is 0. The number of hydrogen-bond donors (Lipinski definition) is 2. The van der Waals surface area contributed by atoms with Crippen LogP contribution >= 0.6 is 0 Å². The van der Waals surface area contributed by atoms with Crippen LogP contribution in [-0.2, 0) is 11.8 Å². The van der Waals surface area contributed by atoms with Crippen LogP contribution in [0, 0.1) is 0 Å². The number of aryl methyl sites for hydroxylation is 1. The van der Waals surface area contributed by atoms with Crippen LogP contribution < -0.4 is 5.32 Å². The van der Waals surface area contributed by atoms with Crippen LogP contribution in [-0.4, -0.2) is 70.1 Å². The van der Waals surface area contributed by atoms with E-state index in [0.717, 1.165) is 17.1 Å². The Bertz CT molecular complexity index is 1250. The number of nitrogens with one attached hydrogen (secondary N) is 1. The molecular formula is C19H19N9O3. The van der Waals surface area contributed by atoms with Gasteiger partial charge in [0.15, 0.2) is 11.5 Å². The van der Waals surface area contributed by atoms with Crippen molar-refractivity contribution in [3.05, 3.63) is 48.7 Å². The van der Waals surface area contributed by atoms with E-state index < -0.39 is 12.2 Å². The fourth-order valence-corrected chi connectivity index (χ4v) is 3.46. The minimum atomic E-state index is -0.969. The van der Waals surface area contributed by atoms with Crippen LogP contribution in [0.1, 0.15) is 11.9 Å². The number of rotatable bonds is 4. The standard InChI is InChI=1S/C19H19N9O3/c1-26-15(3-6-21-26)23-18-20-5-2-13(22-18)12-4-7-28-16(10-12)24-25-17(28)14-11-27(19(29)30)8-9-31-14/h2-7,10,14H,8-9,11H2,1H3,(H,29,30)(H,20,22,23). The third-order valence-electron chi connectivity index (χ3n) is 5.07. The molecule has 1 fully saturated rings. The number of hydrogen-bond acceptors (Lipinski definition) is 8. The molecule has 31 heavy (non-hydrogen) atoms. The fraction of sp³-hybridized carbons (Fsp3) is 0.263. The molecule has 1 amide bonds. The maximum absolute atomic E-state index is 11.3. The van der Waals surface area contributed by atoms with Crippen molar-refractivity contribution < 1.29 is 14.6 Å². The quantitative estimate of drug-likeness (QED) is 0.505. The maximum atomic E-state index is 11.3. The highest BCUT2D eigenvalue weighted by molar-refractivity contribution is 5.66. The van der Waals surface area contributed by atoms with Gasteiger partial charge in [0, 0.05) is 37.6 Å². The van der Waals surface area contributed by atoms with Gasteiger partial charge in [-0.3, -0.25) is 9.08 Å². The summed E-state index contributed by atoms with van der Waals surface area (Å²) in [6.45, 7) is 0.875. The van der Waals surface area contributed by atoms with Crippen molar-refractivity contribution >= 4 is 23.5 Å². The lowest BCUT2D eigenvalue weighted by Gasteiger charge is -2.29. The Morgan fingerprint density at radius 1 is 1.26 bits per heavy atom. The van der Waals surface area contributed by atoms with Gasteiger partial charge in [-0.1, -0.05) is 0 Å². The van der Waals surface area contributed by atoms with Gasteiger partial charge < -0.3 is 20.1 Å². The highest BCUT2D eigenvalue weighted by atomic mass is 16.5. The lowest BCUT2D eigenvalue weighted by atomic mass is 10.2. The maximum Gasteiger partial charge on any atom is 0.407 e. The third-order valence-corrected chi connectivity index (χ3v) is 5.07. The molecule has 158 valence electrons. The summed E-state index contributed by atoms with van der Waals surface area (Å²) < 4.78 is 9.23. The lowest BCUT2D eigenvalue weighted by molar-refractivity contribution is -0.0278. The highest BCUT2D eigenvalue weighted by Crippen LogP contribution is 2.25. The van der Waals surface area contributed by atoms with Crippen LogP contribution in [0.3, 0.4) is 0 Å². The Balaban J connectivity index is 1.42. The minimum Gasteiger partial charge on any atom is -0.465 e. The molecule has 5 heterocycles. The molecule has 2 N–H and O–H groups in total.